The van der Waals surface area contributed by atoms with E-state index in [1.807, 2.05) is 7.05 Å². The van der Waals surface area contributed by atoms with E-state index in [9.17, 15) is 0 Å². The van der Waals surface area contributed by atoms with E-state index in [4.69, 9.17) is 4.98 Å². The Kier molecular flexibility index (Phi) is 10.2. The number of aliphatic imine (C=N–C) groups is 1. The molecule has 122 valence electrons. The minimum Gasteiger partial charge on any atom is -0.356 e. The van der Waals surface area contributed by atoms with E-state index in [1.54, 1.807) is 11.3 Å². The smallest absolute Gasteiger partial charge is 0.190 e. The molecule has 0 aromatic carbocycles. The lowest BCUT2D eigenvalue weighted by atomic mass is 9.93. The zero-order valence-electron chi connectivity index (χ0n) is 13.8. The molecular formula is C15H29IN4S. The lowest BCUT2D eigenvalue weighted by molar-refractivity contribution is 0.570. The molecule has 21 heavy (non-hydrogen) atoms. The number of hydrogen-bond acceptors (Lipinski definition) is 3. The lowest BCUT2D eigenvalue weighted by Gasteiger charge is -2.14. The van der Waals surface area contributed by atoms with Crippen LogP contribution in [0.2, 0.25) is 0 Å². The van der Waals surface area contributed by atoms with Crippen molar-refractivity contribution in [2.45, 2.75) is 52.4 Å². The van der Waals surface area contributed by atoms with Gasteiger partial charge in [-0.15, -0.1) is 35.3 Å². The van der Waals surface area contributed by atoms with Gasteiger partial charge in [0.15, 0.2) is 5.96 Å². The molecular weight excluding hydrogens is 395 g/mol. The molecule has 2 N–H and O–H groups in total. The largest absolute Gasteiger partial charge is 0.356 e. The Morgan fingerprint density at radius 1 is 1.29 bits per heavy atom. The molecule has 0 atom stereocenters. The molecule has 0 saturated carbocycles. The van der Waals surface area contributed by atoms with Crippen molar-refractivity contribution >= 4 is 41.3 Å². The number of rotatable bonds is 6. The summed E-state index contributed by atoms with van der Waals surface area (Å²) in [6.07, 6.45) is 3.30. The van der Waals surface area contributed by atoms with E-state index in [0.29, 0.717) is 0 Å². The molecule has 6 heteroatoms. The number of nitrogens with zero attached hydrogens (tertiary/aromatic N) is 2. The van der Waals surface area contributed by atoms with E-state index in [1.165, 1.54) is 23.5 Å². The molecule has 0 radical (unpaired) electrons. The SMILES string of the molecule is CCCCNC(=NC)NCCc1nc(C(C)(C)C)cs1.I. The van der Waals surface area contributed by atoms with Gasteiger partial charge in [0, 0.05) is 37.4 Å². The molecule has 1 heterocycles. The highest BCUT2D eigenvalue weighted by atomic mass is 127. The molecule has 0 saturated heterocycles. The maximum absolute atomic E-state index is 4.70. The summed E-state index contributed by atoms with van der Waals surface area (Å²) in [4.78, 5) is 8.91. The second kappa shape index (κ2) is 10.4. The Bertz CT molecular complexity index is 424. The van der Waals surface area contributed by atoms with Gasteiger partial charge in [0.2, 0.25) is 0 Å². The minimum atomic E-state index is 0. The van der Waals surface area contributed by atoms with Crippen LogP contribution >= 0.6 is 35.3 Å². The standard InChI is InChI=1S/C15H28N4S.HI/c1-6-7-9-17-14(16-5)18-10-8-13-19-12(11-20-13)15(2,3)4;/h11H,6-10H2,1-5H3,(H2,16,17,18);1H. The number of halogens is 1. The second-order valence-electron chi connectivity index (χ2n) is 5.91. The molecule has 0 unspecified atom stereocenters. The highest BCUT2D eigenvalue weighted by Gasteiger charge is 2.17. The number of unbranched alkanes of at least 4 members (excludes halogenated alkanes) is 1. The first-order chi connectivity index (χ1) is 9.47. The normalized spacial score (nSPS) is 12.0. The van der Waals surface area contributed by atoms with Crippen LogP contribution in [0.25, 0.3) is 0 Å². The number of guanidine groups is 1. The molecule has 0 spiro atoms. The van der Waals surface area contributed by atoms with Crippen molar-refractivity contribution in [2.24, 2.45) is 4.99 Å². The second-order valence-corrected chi connectivity index (χ2v) is 6.85. The quantitative estimate of drug-likeness (QED) is 0.318. The van der Waals surface area contributed by atoms with Crippen LogP contribution < -0.4 is 10.6 Å². The Labute approximate surface area is 150 Å². The van der Waals surface area contributed by atoms with Gasteiger partial charge in [0.05, 0.1) is 10.7 Å². The third kappa shape index (κ3) is 7.99. The van der Waals surface area contributed by atoms with Crippen molar-refractivity contribution in [2.75, 3.05) is 20.1 Å². The highest BCUT2D eigenvalue weighted by molar-refractivity contribution is 14.0. The topological polar surface area (TPSA) is 49.3 Å². The van der Waals surface area contributed by atoms with Crippen LogP contribution in [-0.4, -0.2) is 31.1 Å². The fraction of sp³-hybridized carbons (Fsp3) is 0.733. The number of thiazole rings is 1. The third-order valence-electron chi connectivity index (χ3n) is 3.00. The average molecular weight is 424 g/mol. The molecule has 0 aliphatic rings. The van der Waals surface area contributed by atoms with Gasteiger partial charge < -0.3 is 10.6 Å². The van der Waals surface area contributed by atoms with Crippen LogP contribution in [0.3, 0.4) is 0 Å². The van der Waals surface area contributed by atoms with Crippen LogP contribution in [0.15, 0.2) is 10.4 Å². The minimum absolute atomic E-state index is 0. The maximum atomic E-state index is 4.70. The summed E-state index contributed by atoms with van der Waals surface area (Å²) in [7, 11) is 1.81. The zero-order chi connectivity index (χ0) is 15.0. The Balaban J connectivity index is 0.00000400. The van der Waals surface area contributed by atoms with Gasteiger partial charge in [0.1, 0.15) is 0 Å². The highest BCUT2D eigenvalue weighted by Crippen LogP contribution is 2.23. The molecule has 1 aromatic heterocycles. The zero-order valence-corrected chi connectivity index (χ0v) is 17.0. The summed E-state index contributed by atoms with van der Waals surface area (Å²) < 4.78 is 0. The number of nitrogens with one attached hydrogen (secondary N) is 2. The van der Waals surface area contributed by atoms with Crippen molar-refractivity contribution in [3.63, 3.8) is 0 Å². The van der Waals surface area contributed by atoms with Crippen LogP contribution in [0.1, 0.15) is 51.2 Å². The molecule has 0 fully saturated rings. The predicted molar refractivity (Wildman–Crippen MR) is 104 cm³/mol. The summed E-state index contributed by atoms with van der Waals surface area (Å²) >= 11 is 1.75. The fourth-order valence-corrected chi connectivity index (χ4v) is 2.69. The Hall–Kier alpha value is -0.370. The molecule has 1 aromatic rings. The fourth-order valence-electron chi connectivity index (χ4n) is 1.66. The number of hydrogen-bond donors (Lipinski definition) is 2. The van der Waals surface area contributed by atoms with Gasteiger partial charge in [0.25, 0.3) is 0 Å². The molecule has 0 bridgehead atoms. The van der Waals surface area contributed by atoms with Gasteiger partial charge >= 0.3 is 0 Å². The van der Waals surface area contributed by atoms with E-state index in [2.05, 4.69) is 48.7 Å². The van der Waals surface area contributed by atoms with Crippen LogP contribution in [0.4, 0.5) is 0 Å². The van der Waals surface area contributed by atoms with Crippen molar-refractivity contribution in [3.8, 4) is 0 Å². The number of aromatic nitrogens is 1. The lowest BCUT2D eigenvalue weighted by Crippen LogP contribution is -2.38. The molecule has 1 rings (SSSR count). The van der Waals surface area contributed by atoms with E-state index < -0.39 is 0 Å². The van der Waals surface area contributed by atoms with Gasteiger partial charge in [-0.2, -0.15) is 0 Å². The molecule has 4 nitrogen and oxygen atoms in total. The first-order valence-corrected chi connectivity index (χ1v) is 8.24. The molecule has 0 amide bonds. The summed E-state index contributed by atoms with van der Waals surface area (Å²) in [5.74, 6) is 0.881. The first-order valence-electron chi connectivity index (χ1n) is 7.36. The Morgan fingerprint density at radius 3 is 2.48 bits per heavy atom. The van der Waals surface area contributed by atoms with Crippen LogP contribution in [0.5, 0.6) is 0 Å². The molecule has 0 aliphatic carbocycles. The van der Waals surface area contributed by atoms with Crippen molar-refractivity contribution in [3.05, 3.63) is 16.1 Å². The van der Waals surface area contributed by atoms with E-state index >= 15 is 0 Å². The van der Waals surface area contributed by atoms with E-state index in [0.717, 1.165) is 25.5 Å². The van der Waals surface area contributed by atoms with Gasteiger partial charge in [-0.3, -0.25) is 4.99 Å². The van der Waals surface area contributed by atoms with Crippen LogP contribution in [0, 0.1) is 0 Å². The van der Waals surface area contributed by atoms with Gasteiger partial charge in [-0.05, 0) is 6.42 Å². The monoisotopic (exact) mass is 424 g/mol. The third-order valence-corrected chi connectivity index (χ3v) is 3.91. The summed E-state index contributed by atoms with van der Waals surface area (Å²) in [5, 5.41) is 10.00. The summed E-state index contributed by atoms with van der Waals surface area (Å²) in [6.45, 7) is 10.6. The van der Waals surface area contributed by atoms with Crippen molar-refractivity contribution in [1.82, 2.24) is 15.6 Å². The summed E-state index contributed by atoms with van der Waals surface area (Å²) in [5.41, 5.74) is 1.32. The Morgan fingerprint density at radius 2 is 1.95 bits per heavy atom. The first kappa shape index (κ1) is 20.6. The van der Waals surface area contributed by atoms with Crippen LogP contribution in [-0.2, 0) is 11.8 Å². The average Bonchev–Trinajstić information content (AvgIpc) is 2.86. The predicted octanol–water partition coefficient (Wildman–Crippen LogP) is 3.57. The van der Waals surface area contributed by atoms with Gasteiger partial charge in [-0.25, -0.2) is 4.98 Å². The van der Waals surface area contributed by atoms with Crippen molar-refractivity contribution in [1.29, 1.82) is 0 Å². The van der Waals surface area contributed by atoms with E-state index in [-0.39, 0.29) is 29.4 Å². The maximum Gasteiger partial charge on any atom is 0.190 e. The van der Waals surface area contributed by atoms with Gasteiger partial charge in [-0.1, -0.05) is 34.1 Å². The summed E-state index contributed by atoms with van der Waals surface area (Å²) in [6, 6.07) is 0. The molecule has 0 aliphatic heterocycles. The van der Waals surface area contributed by atoms with Crippen molar-refractivity contribution < 1.29 is 0 Å².